The van der Waals surface area contributed by atoms with Gasteiger partial charge in [-0.2, -0.15) is 0 Å². The zero-order valence-electron chi connectivity index (χ0n) is 8.80. The van der Waals surface area contributed by atoms with Crippen molar-refractivity contribution < 1.29 is 9.90 Å². The number of nitrogens with zero attached hydrogens (tertiary/aromatic N) is 2. The standard InChI is InChI=1S/C10H14N2O2S/c1-7(14)3-4-9-8(6-13)5-11-10(12-9)15-2/h5-7,14H,3-4H2,1-2H3. The van der Waals surface area contributed by atoms with E-state index in [2.05, 4.69) is 9.97 Å². The van der Waals surface area contributed by atoms with Gasteiger partial charge in [0, 0.05) is 6.20 Å². The van der Waals surface area contributed by atoms with Gasteiger partial charge in [-0.05, 0) is 26.0 Å². The Morgan fingerprint density at radius 2 is 2.40 bits per heavy atom. The smallest absolute Gasteiger partial charge is 0.187 e. The summed E-state index contributed by atoms with van der Waals surface area (Å²) in [5, 5.41) is 9.82. The van der Waals surface area contributed by atoms with E-state index in [-0.39, 0.29) is 6.10 Å². The summed E-state index contributed by atoms with van der Waals surface area (Å²) in [6.45, 7) is 1.72. The van der Waals surface area contributed by atoms with E-state index in [1.54, 1.807) is 6.92 Å². The molecule has 0 aliphatic rings. The molecular formula is C10H14N2O2S. The van der Waals surface area contributed by atoms with Crippen LogP contribution in [0.2, 0.25) is 0 Å². The number of thioether (sulfide) groups is 1. The zero-order valence-corrected chi connectivity index (χ0v) is 9.62. The number of hydrogen-bond acceptors (Lipinski definition) is 5. The molecule has 1 N–H and O–H groups in total. The summed E-state index contributed by atoms with van der Waals surface area (Å²) in [4.78, 5) is 19.0. The summed E-state index contributed by atoms with van der Waals surface area (Å²) in [6, 6.07) is 0. The van der Waals surface area contributed by atoms with E-state index in [0.717, 1.165) is 6.29 Å². The van der Waals surface area contributed by atoms with Gasteiger partial charge in [0.15, 0.2) is 11.4 Å². The number of aliphatic hydroxyl groups is 1. The van der Waals surface area contributed by atoms with Gasteiger partial charge in [0.25, 0.3) is 0 Å². The topological polar surface area (TPSA) is 63.1 Å². The molecule has 1 heterocycles. The first-order valence-corrected chi connectivity index (χ1v) is 5.93. The Kier molecular flexibility index (Phi) is 4.71. The van der Waals surface area contributed by atoms with Crippen molar-refractivity contribution in [3.8, 4) is 0 Å². The molecule has 0 fully saturated rings. The normalized spacial score (nSPS) is 12.5. The Morgan fingerprint density at radius 3 is 2.93 bits per heavy atom. The fourth-order valence-corrected chi connectivity index (χ4v) is 1.51. The number of aromatic nitrogens is 2. The first kappa shape index (κ1) is 12.1. The summed E-state index contributed by atoms with van der Waals surface area (Å²) in [7, 11) is 0. The molecule has 1 rings (SSSR count). The molecule has 0 aliphatic heterocycles. The third kappa shape index (κ3) is 3.60. The molecule has 1 unspecified atom stereocenters. The van der Waals surface area contributed by atoms with Crippen molar-refractivity contribution in [2.45, 2.75) is 31.0 Å². The van der Waals surface area contributed by atoms with Crippen molar-refractivity contribution in [3.63, 3.8) is 0 Å². The number of aryl methyl sites for hydroxylation is 1. The third-order valence-electron chi connectivity index (χ3n) is 1.99. The van der Waals surface area contributed by atoms with E-state index in [9.17, 15) is 4.79 Å². The molecule has 4 nitrogen and oxygen atoms in total. The van der Waals surface area contributed by atoms with Crippen LogP contribution in [0.4, 0.5) is 0 Å². The molecule has 15 heavy (non-hydrogen) atoms. The lowest BCUT2D eigenvalue weighted by Gasteiger charge is -2.06. The predicted molar refractivity (Wildman–Crippen MR) is 59.2 cm³/mol. The van der Waals surface area contributed by atoms with Crippen LogP contribution in [0, 0.1) is 0 Å². The molecule has 0 spiro atoms. The molecule has 0 bridgehead atoms. The van der Waals surface area contributed by atoms with E-state index >= 15 is 0 Å². The average Bonchev–Trinajstić information content (AvgIpc) is 2.25. The van der Waals surface area contributed by atoms with Gasteiger partial charge in [0.05, 0.1) is 17.4 Å². The Hall–Kier alpha value is -0.940. The third-order valence-corrected chi connectivity index (χ3v) is 2.55. The van der Waals surface area contributed by atoms with Gasteiger partial charge >= 0.3 is 0 Å². The van der Waals surface area contributed by atoms with Crippen LogP contribution in [0.25, 0.3) is 0 Å². The molecule has 0 radical (unpaired) electrons. The number of rotatable bonds is 5. The Morgan fingerprint density at radius 1 is 1.67 bits per heavy atom. The number of carbonyl (C=O) groups excluding carboxylic acids is 1. The van der Waals surface area contributed by atoms with Crippen LogP contribution < -0.4 is 0 Å². The van der Waals surface area contributed by atoms with Gasteiger partial charge in [0.1, 0.15) is 0 Å². The lowest BCUT2D eigenvalue weighted by Crippen LogP contribution is -2.06. The lowest BCUT2D eigenvalue weighted by molar-refractivity contribution is 0.112. The number of aldehydes is 1. The molecule has 0 aliphatic carbocycles. The highest BCUT2D eigenvalue weighted by molar-refractivity contribution is 7.98. The van der Waals surface area contributed by atoms with Gasteiger partial charge in [-0.25, -0.2) is 9.97 Å². The summed E-state index contributed by atoms with van der Waals surface area (Å²) in [5.74, 6) is 0. The van der Waals surface area contributed by atoms with Gasteiger partial charge in [-0.15, -0.1) is 0 Å². The van der Waals surface area contributed by atoms with Crippen LogP contribution in [-0.4, -0.2) is 33.7 Å². The highest BCUT2D eigenvalue weighted by atomic mass is 32.2. The lowest BCUT2D eigenvalue weighted by atomic mass is 10.1. The molecule has 1 atom stereocenters. The van der Waals surface area contributed by atoms with Gasteiger partial charge in [-0.1, -0.05) is 11.8 Å². The monoisotopic (exact) mass is 226 g/mol. The van der Waals surface area contributed by atoms with Crippen LogP contribution >= 0.6 is 11.8 Å². The van der Waals surface area contributed by atoms with Crippen LogP contribution in [0.1, 0.15) is 29.4 Å². The molecule has 5 heteroatoms. The first-order chi connectivity index (χ1) is 7.17. The summed E-state index contributed by atoms with van der Waals surface area (Å²) >= 11 is 1.44. The largest absolute Gasteiger partial charge is 0.393 e. The highest BCUT2D eigenvalue weighted by Crippen LogP contribution is 2.13. The van der Waals surface area contributed by atoms with Crippen molar-refractivity contribution in [2.24, 2.45) is 0 Å². The maximum Gasteiger partial charge on any atom is 0.187 e. The second kappa shape index (κ2) is 5.82. The molecule has 0 saturated carbocycles. The maximum atomic E-state index is 10.7. The molecule has 1 aromatic heterocycles. The van der Waals surface area contributed by atoms with Crippen molar-refractivity contribution in [1.29, 1.82) is 0 Å². The highest BCUT2D eigenvalue weighted by Gasteiger charge is 2.07. The van der Waals surface area contributed by atoms with E-state index in [4.69, 9.17) is 5.11 Å². The fraction of sp³-hybridized carbons (Fsp3) is 0.500. The second-order valence-electron chi connectivity index (χ2n) is 3.26. The molecule has 1 aromatic rings. The Labute approximate surface area is 93.1 Å². The molecule has 0 aromatic carbocycles. The second-order valence-corrected chi connectivity index (χ2v) is 4.04. The maximum absolute atomic E-state index is 10.7. The molecule has 0 saturated heterocycles. The van der Waals surface area contributed by atoms with E-state index in [0.29, 0.717) is 29.3 Å². The molecular weight excluding hydrogens is 212 g/mol. The number of carbonyl (C=O) groups is 1. The quantitative estimate of drug-likeness (QED) is 0.466. The zero-order chi connectivity index (χ0) is 11.3. The van der Waals surface area contributed by atoms with Crippen molar-refractivity contribution in [2.75, 3.05) is 6.26 Å². The van der Waals surface area contributed by atoms with Crippen molar-refractivity contribution in [3.05, 3.63) is 17.5 Å². The van der Waals surface area contributed by atoms with Crippen molar-refractivity contribution in [1.82, 2.24) is 9.97 Å². The molecule has 82 valence electrons. The van der Waals surface area contributed by atoms with Gasteiger partial charge in [0.2, 0.25) is 0 Å². The van der Waals surface area contributed by atoms with Gasteiger partial charge in [-0.3, -0.25) is 4.79 Å². The minimum absolute atomic E-state index is 0.378. The van der Waals surface area contributed by atoms with Crippen LogP contribution in [0.5, 0.6) is 0 Å². The van der Waals surface area contributed by atoms with Crippen LogP contribution in [0.3, 0.4) is 0 Å². The van der Waals surface area contributed by atoms with E-state index < -0.39 is 0 Å². The fourth-order valence-electron chi connectivity index (χ4n) is 1.15. The predicted octanol–water partition coefficient (Wildman–Crippen LogP) is 1.32. The van der Waals surface area contributed by atoms with E-state index in [1.807, 2.05) is 6.26 Å². The summed E-state index contributed by atoms with van der Waals surface area (Å²) in [6.07, 6.45) is 4.99. The summed E-state index contributed by atoms with van der Waals surface area (Å²) in [5.41, 5.74) is 1.22. The Balaban J connectivity index is 2.86. The summed E-state index contributed by atoms with van der Waals surface area (Å²) < 4.78 is 0. The average molecular weight is 226 g/mol. The van der Waals surface area contributed by atoms with Gasteiger partial charge < -0.3 is 5.11 Å². The van der Waals surface area contributed by atoms with Crippen LogP contribution in [0.15, 0.2) is 11.4 Å². The SMILES string of the molecule is CSc1ncc(C=O)c(CCC(C)O)n1. The molecule has 0 amide bonds. The van der Waals surface area contributed by atoms with Crippen molar-refractivity contribution >= 4 is 18.0 Å². The Bertz CT molecular complexity index is 342. The number of hydrogen-bond donors (Lipinski definition) is 1. The van der Waals surface area contributed by atoms with Crippen LogP contribution in [-0.2, 0) is 6.42 Å². The number of aliphatic hydroxyl groups excluding tert-OH is 1. The first-order valence-electron chi connectivity index (χ1n) is 4.70. The minimum Gasteiger partial charge on any atom is -0.393 e. The minimum atomic E-state index is -0.378. The van der Waals surface area contributed by atoms with E-state index in [1.165, 1.54) is 18.0 Å².